The molecule has 13 heteroatoms. The second kappa shape index (κ2) is 11.8. The third kappa shape index (κ3) is 8.17. The van der Waals surface area contributed by atoms with Gasteiger partial charge in [0, 0.05) is 0 Å². The maximum atomic E-state index is 12.3. The number of hydrogen-bond donors (Lipinski definition) is 1. The Balaban J connectivity index is 0.00000544. The molecule has 33 heavy (non-hydrogen) atoms. The van der Waals surface area contributed by atoms with Crippen molar-refractivity contribution in [1.82, 2.24) is 6.15 Å². The smallest absolute Gasteiger partial charge is 0.412 e. The zero-order valence-electron chi connectivity index (χ0n) is 18.3. The standard InChI is InChI=1S/C20H22F3O8P.H3N/c1-26-15-8-7-13(9-16(15)31-32(24,25)30-12-20(21,22)23)5-6-14-10-17(27-2)19(29-4)18(11-14)28-3;/h5-11H,12H2,1-4H3,(H,24,25);1H3/p-1/b6-5-;. The van der Waals surface area contributed by atoms with Gasteiger partial charge in [0.05, 0.1) is 28.4 Å². The van der Waals surface area contributed by atoms with E-state index < -0.39 is 20.6 Å². The lowest BCUT2D eigenvalue weighted by Crippen LogP contribution is -2.20. The lowest BCUT2D eigenvalue weighted by atomic mass is 10.1. The van der Waals surface area contributed by atoms with Gasteiger partial charge in [0.2, 0.25) is 5.75 Å². The number of halogens is 3. The van der Waals surface area contributed by atoms with Crippen LogP contribution in [-0.2, 0) is 9.09 Å². The van der Waals surface area contributed by atoms with Gasteiger partial charge < -0.3 is 34.5 Å². The zero-order valence-corrected chi connectivity index (χ0v) is 19.2. The van der Waals surface area contributed by atoms with E-state index in [0.717, 1.165) is 0 Å². The topological polar surface area (TPSA) is 131 Å². The number of ether oxygens (including phenoxy) is 4. The summed E-state index contributed by atoms with van der Waals surface area (Å²) in [5.41, 5.74) is 1.13. The summed E-state index contributed by atoms with van der Waals surface area (Å²) in [5, 5.41) is 0. The minimum Gasteiger partial charge on any atom is -0.746 e. The fourth-order valence-electron chi connectivity index (χ4n) is 2.56. The summed E-state index contributed by atoms with van der Waals surface area (Å²) >= 11 is 0. The summed E-state index contributed by atoms with van der Waals surface area (Å²) in [5.74, 6) is 0.928. The zero-order chi connectivity index (χ0) is 23.9. The van der Waals surface area contributed by atoms with Gasteiger partial charge in [0.1, 0.15) is 0 Å². The lowest BCUT2D eigenvalue weighted by molar-refractivity contribution is -0.232. The molecule has 0 aliphatic carbocycles. The lowest BCUT2D eigenvalue weighted by Gasteiger charge is -2.24. The van der Waals surface area contributed by atoms with E-state index >= 15 is 0 Å². The molecule has 9 nitrogen and oxygen atoms in total. The number of hydrogen-bond acceptors (Lipinski definition) is 9. The molecule has 0 amide bonds. The van der Waals surface area contributed by atoms with E-state index in [4.69, 9.17) is 18.9 Å². The van der Waals surface area contributed by atoms with Gasteiger partial charge in [-0.15, -0.1) is 0 Å². The summed E-state index contributed by atoms with van der Waals surface area (Å²) in [7, 11) is 0.369. The van der Waals surface area contributed by atoms with Crippen LogP contribution in [0.4, 0.5) is 13.2 Å². The Morgan fingerprint density at radius 1 is 0.848 bits per heavy atom. The Hall–Kier alpha value is -2.92. The van der Waals surface area contributed by atoms with Crippen LogP contribution in [0.5, 0.6) is 28.7 Å². The molecule has 184 valence electrons. The molecule has 2 aromatic rings. The number of rotatable bonds is 10. The molecule has 0 heterocycles. The van der Waals surface area contributed by atoms with Crippen LogP contribution in [-0.4, -0.2) is 41.2 Å². The molecule has 0 spiro atoms. The fraction of sp³-hybridized carbons (Fsp3) is 0.300. The Kier molecular flexibility index (Phi) is 10.1. The number of phosphoric ester groups is 1. The van der Waals surface area contributed by atoms with Crippen molar-refractivity contribution in [2.24, 2.45) is 0 Å². The molecule has 1 unspecified atom stereocenters. The molecule has 1 atom stereocenters. The maximum Gasteiger partial charge on any atom is 0.412 e. The molecule has 0 aromatic heterocycles. The van der Waals surface area contributed by atoms with E-state index in [9.17, 15) is 22.6 Å². The molecule has 0 aliphatic rings. The summed E-state index contributed by atoms with van der Waals surface area (Å²) in [4.78, 5) is 11.8. The molecule has 0 saturated carbocycles. The van der Waals surface area contributed by atoms with Crippen molar-refractivity contribution < 1.29 is 50.6 Å². The first kappa shape index (κ1) is 28.1. The molecule has 0 radical (unpaired) electrons. The maximum absolute atomic E-state index is 12.3. The Bertz CT molecular complexity index is 988. The first-order valence-electron chi connectivity index (χ1n) is 8.90. The number of phosphoric acid groups is 1. The quantitative estimate of drug-likeness (QED) is 0.375. The Labute approximate surface area is 188 Å². The normalized spacial score (nSPS) is 13.1. The predicted octanol–water partition coefficient (Wildman–Crippen LogP) is 4.48. The minimum atomic E-state index is -5.30. The van der Waals surface area contributed by atoms with E-state index in [0.29, 0.717) is 28.4 Å². The molecule has 0 bridgehead atoms. The first-order chi connectivity index (χ1) is 15.0. The summed E-state index contributed by atoms with van der Waals surface area (Å²) in [6.07, 6.45) is -1.55. The van der Waals surface area contributed by atoms with Crippen LogP contribution in [0.25, 0.3) is 12.2 Å². The van der Waals surface area contributed by atoms with Crippen molar-refractivity contribution in [3.8, 4) is 28.7 Å². The molecule has 2 rings (SSSR count). The SMILES string of the molecule is COc1ccc(/C=C\c2cc(OC)c(OC)c(OC)c2)cc1OP(=O)([O-])OCC(F)(F)F.N. The molecule has 0 saturated heterocycles. The van der Waals surface area contributed by atoms with Gasteiger partial charge >= 0.3 is 14.0 Å². The van der Waals surface area contributed by atoms with Gasteiger partial charge in [-0.2, -0.15) is 13.2 Å². The summed E-state index contributed by atoms with van der Waals surface area (Å²) < 4.78 is 77.9. The highest BCUT2D eigenvalue weighted by Gasteiger charge is 2.31. The van der Waals surface area contributed by atoms with Gasteiger partial charge in [-0.25, -0.2) is 0 Å². The molecule has 2 aromatic carbocycles. The Morgan fingerprint density at radius 3 is 1.85 bits per heavy atom. The monoisotopic (exact) mass is 494 g/mol. The molecule has 3 N–H and O–H groups in total. The molecule has 0 aliphatic heterocycles. The van der Waals surface area contributed by atoms with Gasteiger partial charge in [0.15, 0.2) is 29.6 Å². The van der Waals surface area contributed by atoms with Crippen molar-refractivity contribution in [3.63, 3.8) is 0 Å². The van der Waals surface area contributed by atoms with Crippen LogP contribution >= 0.6 is 7.82 Å². The molecular formula is C20H24F3NO8P-. The van der Waals surface area contributed by atoms with Crippen molar-refractivity contribution in [3.05, 3.63) is 41.5 Å². The fourth-order valence-corrected chi connectivity index (χ4v) is 3.30. The van der Waals surface area contributed by atoms with Crippen LogP contribution in [0.3, 0.4) is 0 Å². The highest BCUT2D eigenvalue weighted by atomic mass is 31.2. The van der Waals surface area contributed by atoms with Crippen molar-refractivity contribution >= 4 is 20.0 Å². The van der Waals surface area contributed by atoms with Gasteiger partial charge in [-0.3, -0.25) is 9.09 Å². The van der Waals surface area contributed by atoms with Crippen LogP contribution < -0.4 is 34.5 Å². The van der Waals surface area contributed by atoms with Crippen LogP contribution in [0.1, 0.15) is 11.1 Å². The number of methoxy groups -OCH3 is 4. The highest BCUT2D eigenvalue weighted by Crippen LogP contribution is 2.45. The van der Waals surface area contributed by atoms with Crippen molar-refractivity contribution in [1.29, 1.82) is 0 Å². The second-order valence-corrected chi connectivity index (χ2v) is 7.46. The second-order valence-electron chi connectivity index (χ2n) is 6.13. The van der Waals surface area contributed by atoms with E-state index in [-0.39, 0.29) is 17.6 Å². The van der Waals surface area contributed by atoms with E-state index in [1.54, 1.807) is 30.4 Å². The number of benzene rings is 2. The van der Waals surface area contributed by atoms with Crippen LogP contribution in [0.15, 0.2) is 30.3 Å². The van der Waals surface area contributed by atoms with E-state index in [1.165, 1.54) is 40.6 Å². The number of alkyl halides is 3. The summed E-state index contributed by atoms with van der Waals surface area (Å²) in [6, 6.07) is 7.64. The molecular weight excluding hydrogens is 470 g/mol. The summed E-state index contributed by atoms with van der Waals surface area (Å²) in [6.45, 7) is -2.00. The minimum absolute atomic E-state index is 0. The highest BCUT2D eigenvalue weighted by molar-refractivity contribution is 7.46. The van der Waals surface area contributed by atoms with Gasteiger partial charge in [0.25, 0.3) is 0 Å². The third-order valence-electron chi connectivity index (χ3n) is 3.94. The largest absolute Gasteiger partial charge is 0.746 e. The first-order valence-corrected chi connectivity index (χ1v) is 10.4. The predicted molar refractivity (Wildman–Crippen MR) is 113 cm³/mol. The van der Waals surface area contributed by atoms with Crippen LogP contribution in [0, 0.1) is 0 Å². The average molecular weight is 494 g/mol. The molecule has 0 fully saturated rings. The third-order valence-corrected chi connectivity index (χ3v) is 4.81. The average Bonchev–Trinajstić information content (AvgIpc) is 2.75. The van der Waals surface area contributed by atoms with Crippen LogP contribution in [0.2, 0.25) is 0 Å². The van der Waals surface area contributed by atoms with Crippen molar-refractivity contribution in [2.75, 3.05) is 35.0 Å². The van der Waals surface area contributed by atoms with E-state index in [2.05, 4.69) is 9.05 Å². The van der Waals surface area contributed by atoms with Gasteiger partial charge in [-0.1, -0.05) is 18.2 Å². The van der Waals surface area contributed by atoms with E-state index in [1.807, 2.05) is 0 Å². The van der Waals surface area contributed by atoms with Gasteiger partial charge in [-0.05, 0) is 35.4 Å². The Morgan fingerprint density at radius 2 is 1.36 bits per heavy atom. The van der Waals surface area contributed by atoms with Crippen molar-refractivity contribution in [2.45, 2.75) is 6.18 Å².